The van der Waals surface area contributed by atoms with E-state index in [0.717, 1.165) is 12.1 Å². The van der Waals surface area contributed by atoms with Crippen LogP contribution in [0.3, 0.4) is 0 Å². The summed E-state index contributed by atoms with van der Waals surface area (Å²) >= 11 is 0. The molecule has 0 aliphatic heterocycles. The number of halogens is 1. The van der Waals surface area contributed by atoms with E-state index >= 15 is 0 Å². The first-order valence-corrected chi connectivity index (χ1v) is 8.13. The van der Waals surface area contributed by atoms with Gasteiger partial charge in [-0.15, -0.1) is 0 Å². The number of hydrogen-bond acceptors (Lipinski definition) is 3. The normalized spacial score (nSPS) is 11.0. The van der Waals surface area contributed by atoms with Crippen molar-refractivity contribution >= 4 is 16.8 Å². The molecule has 2 aromatic carbocycles. The Hall–Kier alpha value is -2.79. The molecule has 0 saturated carbocycles. The van der Waals surface area contributed by atoms with Crippen molar-refractivity contribution in [3.8, 4) is 11.3 Å². The Morgan fingerprint density at radius 3 is 2.60 bits per heavy atom. The Kier molecular flexibility index (Phi) is 5.05. The summed E-state index contributed by atoms with van der Waals surface area (Å²) < 4.78 is 13.7. The quantitative estimate of drug-likeness (QED) is 0.777. The molecule has 4 nitrogen and oxygen atoms in total. The van der Waals surface area contributed by atoms with Gasteiger partial charge >= 0.3 is 0 Å². The molecule has 0 radical (unpaired) electrons. The number of nitrogens with one attached hydrogen (secondary N) is 1. The molecule has 3 rings (SSSR count). The predicted molar refractivity (Wildman–Crippen MR) is 98.0 cm³/mol. The minimum absolute atomic E-state index is 0.225. The Morgan fingerprint density at radius 2 is 1.88 bits per heavy atom. The summed E-state index contributed by atoms with van der Waals surface area (Å²) in [6.45, 7) is 1.25. The Labute approximate surface area is 146 Å². The van der Waals surface area contributed by atoms with Gasteiger partial charge in [-0.3, -0.25) is 4.79 Å². The molecule has 0 aliphatic rings. The summed E-state index contributed by atoms with van der Waals surface area (Å²) in [4.78, 5) is 19.2. The van der Waals surface area contributed by atoms with Crippen LogP contribution in [0.15, 0.2) is 54.6 Å². The van der Waals surface area contributed by atoms with E-state index in [1.165, 1.54) is 12.1 Å². The Morgan fingerprint density at radius 1 is 1.12 bits per heavy atom. The molecule has 0 aliphatic carbocycles. The maximum atomic E-state index is 13.7. The molecule has 0 saturated heterocycles. The van der Waals surface area contributed by atoms with Crippen LogP contribution < -0.4 is 5.32 Å². The van der Waals surface area contributed by atoms with E-state index in [1.54, 1.807) is 12.1 Å². The van der Waals surface area contributed by atoms with Gasteiger partial charge in [0, 0.05) is 24.0 Å². The van der Waals surface area contributed by atoms with Gasteiger partial charge in [0.1, 0.15) is 5.82 Å². The highest BCUT2D eigenvalue weighted by molar-refractivity contribution is 6.07. The molecule has 1 aromatic heterocycles. The number of aromatic nitrogens is 1. The van der Waals surface area contributed by atoms with E-state index in [-0.39, 0.29) is 11.7 Å². The van der Waals surface area contributed by atoms with Crippen LogP contribution in [0.2, 0.25) is 0 Å². The number of benzene rings is 2. The first kappa shape index (κ1) is 17.0. The fourth-order valence-corrected chi connectivity index (χ4v) is 2.63. The molecule has 0 atom stereocenters. The van der Waals surface area contributed by atoms with Crippen molar-refractivity contribution in [1.29, 1.82) is 0 Å². The molecule has 1 heterocycles. The molecule has 1 amide bonds. The maximum absolute atomic E-state index is 13.7. The summed E-state index contributed by atoms with van der Waals surface area (Å²) in [5, 5.41) is 3.41. The number of likely N-dealkylation sites (N-methyl/N-ethyl adjacent to an activating group) is 1. The standard InChI is InChI=1S/C20H20FN3O/c1-24(2)11-10-22-20(25)17-13-19(14-6-4-3-5-7-14)23-18-9-8-15(21)12-16(17)18/h3-9,12-13H,10-11H2,1-2H3,(H,22,25). The van der Waals surface area contributed by atoms with Crippen LogP contribution in [0.1, 0.15) is 10.4 Å². The highest BCUT2D eigenvalue weighted by Gasteiger charge is 2.14. The summed E-state index contributed by atoms with van der Waals surface area (Å²) in [5.41, 5.74) is 2.64. The van der Waals surface area contributed by atoms with Crippen LogP contribution in [0, 0.1) is 5.82 Å². The minimum Gasteiger partial charge on any atom is -0.351 e. The average Bonchev–Trinajstić information content (AvgIpc) is 2.61. The highest BCUT2D eigenvalue weighted by Crippen LogP contribution is 2.25. The summed E-state index contributed by atoms with van der Waals surface area (Å²) in [6.07, 6.45) is 0. The Balaban J connectivity index is 2.04. The molecule has 0 fully saturated rings. The van der Waals surface area contributed by atoms with E-state index in [1.807, 2.05) is 49.3 Å². The van der Waals surface area contributed by atoms with Crippen molar-refractivity contribution in [2.45, 2.75) is 0 Å². The zero-order valence-corrected chi connectivity index (χ0v) is 14.3. The van der Waals surface area contributed by atoms with Gasteiger partial charge in [-0.2, -0.15) is 0 Å². The summed E-state index contributed by atoms with van der Waals surface area (Å²) in [7, 11) is 3.88. The van der Waals surface area contributed by atoms with Crippen LogP contribution in [-0.2, 0) is 0 Å². The van der Waals surface area contributed by atoms with Crippen LogP contribution in [0.4, 0.5) is 4.39 Å². The second-order valence-corrected chi connectivity index (χ2v) is 6.14. The molecular formula is C20H20FN3O. The van der Waals surface area contributed by atoms with E-state index in [9.17, 15) is 9.18 Å². The van der Waals surface area contributed by atoms with E-state index in [4.69, 9.17) is 0 Å². The van der Waals surface area contributed by atoms with Gasteiger partial charge in [0.05, 0.1) is 16.8 Å². The number of carbonyl (C=O) groups excluding carboxylic acids is 1. The highest BCUT2D eigenvalue weighted by atomic mass is 19.1. The van der Waals surface area contributed by atoms with Crippen molar-refractivity contribution in [2.75, 3.05) is 27.2 Å². The lowest BCUT2D eigenvalue weighted by atomic mass is 10.0. The zero-order valence-electron chi connectivity index (χ0n) is 14.3. The van der Waals surface area contributed by atoms with Crippen LogP contribution in [-0.4, -0.2) is 43.0 Å². The lowest BCUT2D eigenvalue weighted by Crippen LogP contribution is -2.31. The molecular weight excluding hydrogens is 317 g/mol. The molecule has 0 unspecified atom stereocenters. The molecule has 5 heteroatoms. The Bertz CT molecular complexity index is 894. The van der Waals surface area contributed by atoms with E-state index in [0.29, 0.717) is 28.7 Å². The molecule has 0 bridgehead atoms. The van der Waals surface area contributed by atoms with Crippen LogP contribution in [0.5, 0.6) is 0 Å². The number of pyridine rings is 1. The first-order chi connectivity index (χ1) is 12.0. The molecule has 3 aromatic rings. The SMILES string of the molecule is CN(C)CCNC(=O)c1cc(-c2ccccc2)nc2ccc(F)cc12. The first-order valence-electron chi connectivity index (χ1n) is 8.13. The van der Waals surface area contributed by atoms with Gasteiger partial charge < -0.3 is 10.2 Å². The zero-order chi connectivity index (χ0) is 17.8. The number of rotatable bonds is 5. The van der Waals surface area contributed by atoms with E-state index in [2.05, 4.69) is 10.3 Å². The number of fused-ring (bicyclic) bond motifs is 1. The largest absolute Gasteiger partial charge is 0.351 e. The van der Waals surface area contributed by atoms with E-state index < -0.39 is 0 Å². The third-order valence-corrected chi connectivity index (χ3v) is 3.93. The lowest BCUT2D eigenvalue weighted by Gasteiger charge is -2.13. The third-order valence-electron chi connectivity index (χ3n) is 3.93. The van der Waals surface area contributed by atoms with Crippen molar-refractivity contribution in [1.82, 2.24) is 15.2 Å². The third kappa shape index (κ3) is 4.00. The van der Waals surface area contributed by atoms with Gasteiger partial charge in [0.2, 0.25) is 0 Å². The molecule has 128 valence electrons. The van der Waals surface area contributed by atoms with Gasteiger partial charge in [-0.25, -0.2) is 9.37 Å². The van der Waals surface area contributed by atoms with Crippen molar-refractivity contribution in [2.24, 2.45) is 0 Å². The van der Waals surface area contributed by atoms with Gasteiger partial charge in [-0.05, 0) is 38.4 Å². The van der Waals surface area contributed by atoms with Crippen LogP contribution >= 0.6 is 0 Å². The second kappa shape index (κ2) is 7.40. The number of carbonyl (C=O) groups is 1. The monoisotopic (exact) mass is 337 g/mol. The van der Waals surface area contributed by atoms with Gasteiger partial charge in [0.25, 0.3) is 5.91 Å². The summed E-state index contributed by atoms with van der Waals surface area (Å²) in [6, 6.07) is 15.7. The number of nitrogens with zero attached hydrogens (tertiary/aromatic N) is 2. The lowest BCUT2D eigenvalue weighted by molar-refractivity contribution is 0.0952. The number of hydrogen-bond donors (Lipinski definition) is 1. The average molecular weight is 337 g/mol. The topological polar surface area (TPSA) is 45.2 Å². The fourth-order valence-electron chi connectivity index (χ4n) is 2.63. The van der Waals surface area contributed by atoms with Crippen molar-refractivity contribution < 1.29 is 9.18 Å². The predicted octanol–water partition coefficient (Wildman–Crippen LogP) is 3.33. The maximum Gasteiger partial charge on any atom is 0.252 e. The van der Waals surface area contributed by atoms with Crippen molar-refractivity contribution in [3.05, 3.63) is 66.0 Å². The number of amides is 1. The molecule has 25 heavy (non-hydrogen) atoms. The second-order valence-electron chi connectivity index (χ2n) is 6.14. The fraction of sp³-hybridized carbons (Fsp3) is 0.200. The molecule has 0 spiro atoms. The van der Waals surface area contributed by atoms with Gasteiger partial charge in [-0.1, -0.05) is 30.3 Å². The minimum atomic E-state index is -0.385. The van der Waals surface area contributed by atoms with Crippen molar-refractivity contribution in [3.63, 3.8) is 0 Å². The van der Waals surface area contributed by atoms with Crippen LogP contribution in [0.25, 0.3) is 22.2 Å². The van der Waals surface area contributed by atoms with Gasteiger partial charge in [0.15, 0.2) is 0 Å². The molecule has 1 N–H and O–H groups in total. The smallest absolute Gasteiger partial charge is 0.252 e. The summed E-state index contributed by atoms with van der Waals surface area (Å²) in [5.74, 6) is -0.610.